The number of nitrogens with one attached hydrogen (secondary N) is 2. The Morgan fingerprint density at radius 3 is 3.04 bits per heavy atom. The first kappa shape index (κ1) is 18.0. The lowest BCUT2D eigenvalue weighted by atomic mass is 10.3. The van der Waals surface area contributed by atoms with Crippen molar-refractivity contribution in [2.75, 3.05) is 33.3 Å². The van der Waals surface area contributed by atoms with E-state index in [1.54, 1.807) is 13.3 Å². The highest BCUT2D eigenvalue weighted by Crippen LogP contribution is 2.10. The van der Waals surface area contributed by atoms with E-state index in [1.807, 2.05) is 24.0 Å². The van der Waals surface area contributed by atoms with Crippen LogP contribution in [0.5, 0.6) is 5.88 Å². The van der Waals surface area contributed by atoms with E-state index in [-0.39, 0.29) is 5.91 Å². The van der Waals surface area contributed by atoms with Crippen molar-refractivity contribution < 1.29 is 9.53 Å². The standard InChI is InChI=1S/C17H27N5O2/c1-3-18-17(20-8-5-11-22-10-4-6-16(22)23)21-13-14-7-9-19-15(12-14)24-2/h7,9,12H,3-6,8,10-11,13H2,1-2H3,(H2,18,20,21). The van der Waals surface area contributed by atoms with Crippen molar-refractivity contribution in [2.45, 2.75) is 32.7 Å². The predicted octanol–water partition coefficient (Wildman–Crippen LogP) is 1.16. The molecule has 0 unspecified atom stereocenters. The van der Waals surface area contributed by atoms with Crippen LogP contribution in [-0.2, 0) is 11.3 Å². The Labute approximate surface area is 143 Å². The summed E-state index contributed by atoms with van der Waals surface area (Å²) in [5.41, 5.74) is 1.04. The minimum atomic E-state index is 0.280. The third kappa shape index (κ3) is 5.72. The van der Waals surface area contributed by atoms with Crippen molar-refractivity contribution in [3.05, 3.63) is 23.9 Å². The average molecular weight is 333 g/mol. The Balaban J connectivity index is 1.78. The molecule has 1 amide bonds. The van der Waals surface area contributed by atoms with Crippen molar-refractivity contribution in [3.8, 4) is 5.88 Å². The van der Waals surface area contributed by atoms with Gasteiger partial charge < -0.3 is 20.3 Å². The first-order valence-electron chi connectivity index (χ1n) is 8.51. The van der Waals surface area contributed by atoms with E-state index in [4.69, 9.17) is 4.74 Å². The zero-order valence-corrected chi connectivity index (χ0v) is 14.5. The molecule has 2 rings (SSSR count). The van der Waals surface area contributed by atoms with Crippen LogP contribution in [0.3, 0.4) is 0 Å². The number of guanidine groups is 1. The van der Waals surface area contributed by atoms with Crippen molar-refractivity contribution in [3.63, 3.8) is 0 Å². The summed E-state index contributed by atoms with van der Waals surface area (Å²) >= 11 is 0. The topological polar surface area (TPSA) is 78.9 Å². The summed E-state index contributed by atoms with van der Waals surface area (Å²) in [5, 5.41) is 6.54. The molecule has 1 aromatic heterocycles. The molecule has 2 heterocycles. The Bertz CT molecular complexity index is 562. The summed E-state index contributed by atoms with van der Waals surface area (Å²) in [4.78, 5) is 22.2. The second-order valence-corrected chi connectivity index (χ2v) is 5.67. The lowest BCUT2D eigenvalue weighted by molar-refractivity contribution is -0.127. The van der Waals surface area contributed by atoms with Gasteiger partial charge >= 0.3 is 0 Å². The summed E-state index contributed by atoms with van der Waals surface area (Å²) < 4.78 is 5.12. The van der Waals surface area contributed by atoms with Crippen LogP contribution in [0.25, 0.3) is 0 Å². The third-order valence-electron chi connectivity index (χ3n) is 3.84. The van der Waals surface area contributed by atoms with Crippen LogP contribution in [0.4, 0.5) is 0 Å². The predicted molar refractivity (Wildman–Crippen MR) is 94.0 cm³/mol. The van der Waals surface area contributed by atoms with Crippen LogP contribution < -0.4 is 15.4 Å². The number of aromatic nitrogens is 1. The van der Waals surface area contributed by atoms with E-state index in [1.165, 1.54) is 0 Å². The maximum Gasteiger partial charge on any atom is 0.222 e. The zero-order chi connectivity index (χ0) is 17.2. The molecule has 7 heteroatoms. The van der Waals surface area contributed by atoms with Gasteiger partial charge in [0.25, 0.3) is 0 Å². The lowest BCUT2D eigenvalue weighted by Crippen LogP contribution is -2.39. The van der Waals surface area contributed by atoms with Crippen molar-refractivity contribution in [1.82, 2.24) is 20.5 Å². The van der Waals surface area contributed by atoms with E-state index >= 15 is 0 Å². The average Bonchev–Trinajstić information content (AvgIpc) is 3.01. The van der Waals surface area contributed by atoms with Crippen molar-refractivity contribution >= 4 is 11.9 Å². The van der Waals surface area contributed by atoms with Gasteiger partial charge in [-0.3, -0.25) is 4.79 Å². The number of carbonyl (C=O) groups is 1. The van der Waals surface area contributed by atoms with Crippen LogP contribution in [0.1, 0.15) is 31.7 Å². The number of aliphatic imine (C=N–C) groups is 1. The summed E-state index contributed by atoms with van der Waals surface area (Å²) in [5.74, 6) is 1.65. The molecule has 0 bridgehead atoms. The molecule has 1 aliphatic heterocycles. The van der Waals surface area contributed by atoms with Gasteiger partial charge in [-0.05, 0) is 31.4 Å². The fourth-order valence-corrected chi connectivity index (χ4v) is 2.59. The molecular formula is C17H27N5O2. The van der Waals surface area contributed by atoms with Gasteiger partial charge in [0, 0.05) is 44.9 Å². The highest BCUT2D eigenvalue weighted by atomic mass is 16.5. The highest BCUT2D eigenvalue weighted by molar-refractivity contribution is 5.79. The van der Waals surface area contributed by atoms with Gasteiger partial charge in [-0.25, -0.2) is 9.98 Å². The minimum absolute atomic E-state index is 0.280. The van der Waals surface area contributed by atoms with Gasteiger partial charge in [0.05, 0.1) is 13.7 Å². The maximum absolute atomic E-state index is 11.6. The molecule has 1 fully saturated rings. The van der Waals surface area contributed by atoms with Gasteiger partial charge in [-0.2, -0.15) is 0 Å². The summed E-state index contributed by atoms with van der Waals surface area (Å²) in [6.45, 7) is 5.89. The van der Waals surface area contributed by atoms with Crippen LogP contribution in [0.2, 0.25) is 0 Å². The largest absolute Gasteiger partial charge is 0.481 e. The van der Waals surface area contributed by atoms with Gasteiger partial charge in [-0.1, -0.05) is 0 Å². The summed E-state index contributed by atoms with van der Waals surface area (Å²) in [6.07, 6.45) is 4.33. The smallest absolute Gasteiger partial charge is 0.222 e. The van der Waals surface area contributed by atoms with Crippen LogP contribution in [0.15, 0.2) is 23.3 Å². The molecule has 0 aliphatic carbocycles. The molecule has 132 valence electrons. The lowest BCUT2D eigenvalue weighted by Gasteiger charge is -2.16. The van der Waals surface area contributed by atoms with Gasteiger partial charge in [-0.15, -0.1) is 0 Å². The van der Waals surface area contributed by atoms with E-state index < -0.39 is 0 Å². The number of amides is 1. The number of hydrogen-bond acceptors (Lipinski definition) is 4. The molecule has 1 aliphatic rings. The first-order valence-corrected chi connectivity index (χ1v) is 8.51. The molecule has 0 saturated carbocycles. The SMILES string of the molecule is CCNC(=NCc1ccnc(OC)c1)NCCCN1CCCC1=O. The van der Waals surface area contributed by atoms with Crippen LogP contribution in [-0.4, -0.2) is 55.0 Å². The maximum atomic E-state index is 11.6. The molecule has 2 N–H and O–H groups in total. The monoisotopic (exact) mass is 333 g/mol. The van der Waals surface area contributed by atoms with Crippen molar-refractivity contribution in [1.29, 1.82) is 0 Å². The van der Waals surface area contributed by atoms with E-state index in [9.17, 15) is 4.79 Å². The molecule has 24 heavy (non-hydrogen) atoms. The van der Waals surface area contributed by atoms with Gasteiger partial charge in [0.15, 0.2) is 5.96 Å². The second kappa shape index (κ2) is 9.75. The fraction of sp³-hybridized carbons (Fsp3) is 0.588. The van der Waals surface area contributed by atoms with Gasteiger partial charge in [0.2, 0.25) is 11.8 Å². The number of carbonyl (C=O) groups excluding carboxylic acids is 1. The minimum Gasteiger partial charge on any atom is -0.481 e. The zero-order valence-electron chi connectivity index (χ0n) is 14.5. The molecule has 7 nitrogen and oxygen atoms in total. The quantitative estimate of drug-likeness (QED) is 0.424. The van der Waals surface area contributed by atoms with Crippen molar-refractivity contribution in [2.24, 2.45) is 4.99 Å². The van der Waals surface area contributed by atoms with Crippen LogP contribution >= 0.6 is 0 Å². The van der Waals surface area contributed by atoms with E-state index in [0.717, 1.165) is 50.5 Å². The number of methoxy groups -OCH3 is 1. The fourth-order valence-electron chi connectivity index (χ4n) is 2.59. The molecule has 0 spiro atoms. The molecule has 0 radical (unpaired) electrons. The number of ether oxygens (including phenoxy) is 1. The number of rotatable bonds is 8. The number of hydrogen-bond donors (Lipinski definition) is 2. The molecular weight excluding hydrogens is 306 g/mol. The molecule has 0 atom stereocenters. The number of likely N-dealkylation sites (tertiary alicyclic amines) is 1. The second-order valence-electron chi connectivity index (χ2n) is 5.67. The van der Waals surface area contributed by atoms with E-state index in [0.29, 0.717) is 18.8 Å². The first-order chi connectivity index (χ1) is 11.7. The Hall–Kier alpha value is -2.31. The van der Waals surface area contributed by atoms with Crippen LogP contribution in [0, 0.1) is 0 Å². The van der Waals surface area contributed by atoms with E-state index in [2.05, 4.69) is 20.6 Å². The Morgan fingerprint density at radius 1 is 1.46 bits per heavy atom. The molecule has 1 aromatic rings. The number of pyridine rings is 1. The molecule has 1 saturated heterocycles. The molecule has 0 aromatic carbocycles. The Kier molecular flexibility index (Phi) is 7.32. The summed E-state index contributed by atoms with van der Waals surface area (Å²) in [6, 6.07) is 3.81. The highest BCUT2D eigenvalue weighted by Gasteiger charge is 2.18. The normalized spacial score (nSPS) is 14.8. The summed E-state index contributed by atoms with van der Waals surface area (Å²) in [7, 11) is 1.60. The number of nitrogens with zero attached hydrogens (tertiary/aromatic N) is 3. The Morgan fingerprint density at radius 2 is 2.33 bits per heavy atom. The third-order valence-corrected chi connectivity index (χ3v) is 3.84. The van der Waals surface area contributed by atoms with Gasteiger partial charge in [0.1, 0.15) is 0 Å².